The number of unbranched alkanes of at least 4 members (excludes halogenated alkanes) is 1. The Bertz CT molecular complexity index is 1330. The van der Waals surface area contributed by atoms with Crippen LogP contribution in [-0.4, -0.2) is 71.8 Å². The van der Waals surface area contributed by atoms with Gasteiger partial charge in [-0.05, 0) is 74.8 Å². The predicted molar refractivity (Wildman–Crippen MR) is 156 cm³/mol. The first kappa shape index (κ1) is 30.6. The summed E-state index contributed by atoms with van der Waals surface area (Å²) in [5.74, 6) is -0.363. The van der Waals surface area contributed by atoms with Gasteiger partial charge in [-0.25, -0.2) is 14.9 Å². The van der Waals surface area contributed by atoms with E-state index in [1.54, 1.807) is 61.1 Å². The molecule has 1 unspecified atom stereocenters. The Hall–Kier alpha value is -4.33. The van der Waals surface area contributed by atoms with Crippen molar-refractivity contribution < 1.29 is 28.7 Å². The summed E-state index contributed by atoms with van der Waals surface area (Å²) in [4.78, 5) is 34.5. The fourth-order valence-corrected chi connectivity index (χ4v) is 4.50. The van der Waals surface area contributed by atoms with E-state index in [9.17, 15) is 14.0 Å². The zero-order valence-electron chi connectivity index (χ0n) is 23.4. The zero-order valence-corrected chi connectivity index (χ0v) is 23.4. The van der Waals surface area contributed by atoms with Crippen molar-refractivity contribution in [3.8, 4) is 5.75 Å². The lowest BCUT2D eigenvalue weighted by molar-refractivity contribution is -0.129. The van der Waals surface area contributed by atoms with Gasteiger partial charge in [0.05, 0.1) is 18.7 Å². The molecule has 1 aromatic heterocycles. The first-order valence-electron chi connectivity index (χ1n) is 13.8. The van der Waals surface area contributed by atoms with E-state index >= 15 is 0 Å². The molecule has 0 saturated carbocycles. The molecule has 42 heavy (non-hydrogen) atoms. The summed E-state index contributed by atoms with van der Waals surface area (Å²) in [6.45, 7) is 3.17. The van der Waals surface area contributed by atoms with Crippen molar-refractivity contribution in [2.45, 2.75) is 25.7 Å². The van der Waals surface area contributed by atoms with Gasteiger partial charge in [-0.1, -0.05) is 6.07 Å². The molecule has 224 valence electrons. The fraction of sp³-hybridized carbons (Fsp3) is 0.379. The average molecular weight is 582 g/mol. The van der Waals surface area contributed by atoms with Crippen LogP contribution < -0.4 is 26.2 Å². The number of hydrogen-bond acceptors (Lipinski definition) is 10. The van der Waals surface area contributed by atoms with Gasteiger partial charge in [-0.15, -0.1) is 0 Å². The topological polar surface area (TPSA) is 150 Å². The van der Waals surface area contributed by atoms with Gasteiger partial charge in [0.2, 0.25) is 17.8 Å². The summed E-state index contributed by atoms with van der Waals surface area (Å²) in [5, 5.41) is 17.5. The molecule has 1 fully saturated rings. The number of anilines is 5. The standard InChI is InChI=1S/C29H36FN7O5/c1-41-15-16-42-24-10-8-21(9-11-24)34-29-31-18-25(30)27(35-29)32-22-5-4-6-23(17-22)33-28(39)20-12-14-37(19-20)13-3-2-7-26(38)36-40/h4-6,8-11,17-18,20,40H,2-3,7,12-16,19H2,1H3,(H,33,39)(H,36,38)(H2,31,32,34,35). The number of hydrogen-bond donors (Lipinski definition) is 5. The van der Waals surface area contributed by atoms with Crippen LogP contribution in [0, 0.1) is 11.7 Å². The van der Waals surface area contributed by atoms with Gasteiger partial charge in [-0.2, -0.15) is 4.98 Å². The lowest BCUT2D eigenvalue weighted by Gasteiger charge is -2.16. The summed E-state index contributed by atoms with van der Waals surface area (Å²) >= 11 is 0. The maximum absolute atomic E-state index is 14.6. The number of aromatic nitrogens is 2. The van der Waals surface area contributed by atoms with Crippen LogP contribution in [-0.2, 0) is 14.3 Å². The molecule has 1 aliphatic heterocycles. The molecule has 3 aromatic rings. The summed E-state index contributed by atoms with van der Waals surface area (Å²) in [6, 6.07) is 14.2. The smallest absolute Gasteiger partial charge is 0.243 e. The summed E-state index contributed by atoms with van der Waals surface area (Å²) < 4.78 is 25.1. The molecule has 0 spiro atoms. The highest BCUT2D eigenvalue weighted by Gasteiger charge is 2.28. The molecule has 2 heterocycles. The Morgan fingerprint density at radius 3 is 2.67 bits per heavy atom. The van der Waals surface area contributed by atoms with Crippen molar-refractivity contribution in [2.75, 3.05) is 55.9 Å². The molecule has 2 amide bonds. The molecule has 0 bridgehead atoms. The summed E-state index contributed by atoms with van der Waals surface area (Å²) in [5.41, 5.74) is 3.47. The molecule has 5 N–H and O–H groups in total. The molecule has 13 heteroatoms. The lowest BCUT2D eigenvalue weighted by atomic mass is 10.1. The van der Waals surface area contributed by atoms with Crippen molar-refractivity contribution in [3.63, 3.8) is 0 Å². The van der Waals surface area contributed by atoms with E-state index in [-0.39, 0.29) is 30.0 Å². The predicted octanol–water partition coefficient (Wildman–Crippen LogP) is 4.06. The normalized spacial score (nSPS) is 14.8. The van der Waals surface area contributed by atoms with Crippen LogP contribution in [0.1, 0.15) is 25.7 Å². The molecule has 2 aromatic carbocycles. The largest absolute Gasteiger partial charge is 0.491 e. The lowest BCUT2D eigenvalue weighted by Crippen LogP contribution is -2.28. The van der Waals surface area contributed by atoms with Gasteiger partial charge in [0.25, 0.3) is 0 Å². The quantitative estimate of drug-likeness (QED) is 0.101. The number of amides is 2. The van der Waals surface area contributed by atoms with Gasteiger partial charge in [-0.3, -0.25) is 14.8 Å². The first-order chi connectivity index (χ1) is 20.4. The third kappa shape index (κ3) is 9.36. The second kappa shape index (κ2) is 15.6. The molecule has 0 aliphatic carbocycles. The number of ether oxygens (including phenoxy) is 2. The second-order valence-corrected chi connectivity index (χ2v) is 9.85. The van der Waals surface area contributed by atoms with E-state index in [1.807, 2.05) is 0 Å². The minimum atomic E-state index is -0.625. The monoisotopic (exact) mass is 581 g/mol. The Morgan fingerprint density at radius 2 is 1.88 bits per heavy atom. The number of benzene rings is 2. The number of carbonyl (C=O) groups is 2. The van der Waals surface area contributed by atoms with Gasteiger partial charge < -0.3 is 30.3 Å². The van der Waals surface area contributed by atoms with Gasteiger partial charge in [0, 0.05) is 37.1 Å². The van der Waals surface area contributed by atoms with Gasteiger partial charge >= 0.3 is 0 Å². The van der Waals surface area contributed by atoms with Gasteiger partial charge in [0.15, 0.2) is 11.6 Å². The molecule has 1 aliphatic rings. The average Bonchev–Trinajstić information content (AvgIpc) is 3.47. The number of hydroxylamine groups is 1. The van der Waals surface area contributed by atoms with Crippen molar-refractivity contribution in [1.82, 2.24) is 20.3 Å². The minimum Gasteiger partial charge on any atom is -0.491 e. The number of carbonyl (C=O) groups excluding carboxylic acids is 2. The van der Waals surface area contributed by atoms with E-state index in [4.69, 9.17) is 14.7 Å². The van der Waals surface area contributed by atoms with Crippen LogP contribution in [0.2, 0.25) is 0 Å². The number of halogens is 1. The van der Waals surface area contributed by atoms with Crippen LogP contribution >= 0.6 is 0 Å². The Labute approximate surface area is 243 Å². The van der Waals surface area contributed by atoms with Crippen molar-refractivity contribution in [1.29, 1.82) is 0 Å². The Kier molecular flexibility index (Phi) is 11.4. The Morgan fingerprint density at radius 1 is 1.07 bits per heavy atom. The number of nitrogens with zero attached hydrogens (tertiary/aromatic N) is 3. The summed E-state index contributed by atoms with van der Waals surface area (Å²) in [6.07, 6.45) is 3.57. The van der Waals surface area contributed by atoms with E-state index in [1.165, 1.54) is 0 Å². The third-order valence-corrected chi connectivity index (χ3v) is 6.70. The van der Waals surface area contributed by atoms with Crippen molar-refractivity contribution in [3.05, 3.63) is 60.5 Å². The van der Waals surface area contributed by atoms with E-state index in [0.29, 0.717) is 49.0 Å². The second-order valence-electron chi connectivity index (χ2n) is 9.85. The highest BCUT2D eigenvalue weighted by Crippen LogP contribution is 2.25. The van der Waals surface area contributed by atoms with Crippen LogP contribution in [0.3, 0.4) is 0 Å². The van der Waals surface area contributed by atoms with E-state index in [0.717, 1.165) is 32.1 Å². The summed E-state index contributed by atoms with van der Waals surface area (Å²) in [7, 11) is 1.61. The molecule has 0 radical (unpaired) electrons. The van der Waals surface area contributed by atoms with E-state index in [2.05, 4.69) is 30.8 Å². The highest BCUT2D eigenvalue weighted by atomic mass is 19.1. The Balaban J connectivity index is 1.29. The first-order valence-corrected chi connectivity index (χ1v) is 13.8. The van der Waals surface area contributed by atoms with Gasteiger partial charge in [0.1, 0.15) is 12.4 Å². The molecule has 12 nitrogen and oxygen atoms in total. The maximum Gasteiger partial charge on any atom is 0.243 e. The van der Waals surface area contributed by atoms with Crippen LogP contribution in [0.15, 0.2) is 54.7 Å². The zero-order chi connectivity index (χ0) is 29.7. The minimum absolute atomic E-state index is 0.0154. The molecular formula is C29H36FN7O5. The van der Waals surface area contributed by atoms with E-state index < -0.39 is 11.7 Å². The third-order valence-electron chi connectivity index (χ3n) is 6.70. The van der Waals surface area contributed by atoms with Crippen LogP contribution in [0.5, 0.6) is 5.75 Å². The SMILES string of the molecule is COCCOc1ccc(Nc2ncc(F)c(Nc3cccc(NC(=O)C4CCN(CCCCC(=O)NO)C4)c3)n2)cc1. The van der Waals surface area contributed by atoms with Crippen molar-refractivity contribution in [2.24, 2.45) is 5.92 Å². The molecule has 1 atom stereocenters. The number of methoxy groups -OCH3 is 1. The van der Waals surface area contributed by atoms with Crippen LogP contribution in [0.4, 0.5) is 33.2 Å². The van der Waals surface area contributed by atoms with Crippen molar-refractivity contribution >= 4 is 40.6 Å². The molecule has 1 saturated heterocycles. The fourth-order valence-electron chi connectivity index (χ4n) is 4.50. The molecule has 4 rings (SSSR count). The van der Waals surface area contributed by atoms with Crippen LogP contribution in [0.25, 0.3) is 0 Å². The molecular weight excluding hydrogens is 545 g/mol. The number of likely N-dealkylation sites (tertiary alicyclic amines) is 1. The number of nitrogens with one attached hydrogen (secondary N) is 4. The highest BCUT2D eigenvalue weighted by molar-refractivity contribution is 5.93. The maximum atomic E-state index is 14.6. The number of rotatable bonds is 15.